The fourth-order valence-electron chi connectivity index (χ4n) is 2.66. The van der Waals surface area contributed by atoms with Crippen molar-refractivity contribution in [3.05, 3.63) is 35.0 Å². The fraction of sp³-hybridized carbons (Fsp3) is 0.533. The molecule has 1 saturated heterocycles. The minimum Gasteiger partial charge on any atom is -0.361 e. The molecule has 2 aromatic rings. The van der Waals surface area contributed by atoms with Gasteiger partial charge in [0.2, 0.25) is 5.76 Å². The number of likely N-dealkylation sites (tertiary alicyclic amines) is 1. The summed E-state index contributed by atoms with van der Waals surface area (Å²) < 4.78 is 10.4. The highest BCUT2D eigenvalue weighted by Gasteiger charge is 2.34. The average Bonchev–Trinajstić information content (AvgIpc) is 3.17. The Morgan fingerprint density at radius 2 is 2.14 bits per heavy atom. The Labute approximate surface area is 123 Å². The van der Waals surface area contributed by atoms with Crippen LogP contribution in [0.4, 0.5) is 0 Å². The van der Waals surface area contributed by atoms with Crippen molar-refractivity contribution in [2.24, 2.45) is 0 Å². The number of amides is 1. The Kier molecular flexibility index (Phi) is 3.53. The standard InChI is InChI=1S/C15H19N3O3/c1-9(2)13-8-11(17-20-13)12-5-4-6-18(12)15(19)14-7-10(3)16-21-14/h7-9,12H,4-6H2,1-3H3/t12-/m1/s1. The molecule has 0 N–H and O–H groups in total. The van der Waals surface area contributed by atoms with Gasteiger partial charge in [-0.1, -0.05) is 24.2 Å². The Morgan fingerprint density at radius 1 is 1.33 bits per heavy atom. The van der Waals surface area contributed by atoms with Crippen LogP contribution in [0.5, 0.6) is 0 Å². The fourth-order valence-corrected chi connectivity index (χ4v) is 2.66. The molecule has 1 fully saturated rings. The Morgan fingerprint density at radius 3 is 2.76 bits per heavy atom. The average molecular weight is 289 g/mol. The van der Waals surface area contributed by atoms with Gasteiger partial charge in [-0.15, -0.1) is 0 Å². The van der Waals surface area contributed by atoms with E-state index in [0.717, 1.165) is 24.3 Å². The van der Waals surface area contributed by atoms with Crippen molar-refractivity contribution in [3.8, 4) is 0 Å². The number of carbonyl (C=O) groups is 1. The summed E-state index contributed by atoms with van der Waals surface area (Å²) in [7, 11) is 0. The lowest BCUT2D eigenvalue weighted by Gasteiger charge is -2.21. The van der Waals surface area contributed by atoms with Crippen LogP contribution in [0, 0.1) is 6.92 Å². The van der Waals surface area contributed by atoms with Crippen LogP contribution in [0.3, 0.4) is 0 Å². The number of nitrogens with zero attached hydrogens (tertiary/aromatic N) is 3. The maximum absolute atomic E-state index is 12.5. The minimum atomic E-state index is -0.132. The molecule has 1 atom stereocenters. The first kappa shape index (κ1) is 13.9. The van der Waals surface area contributed by atoms with Crippen molar-refractivity contribution in [2.75, 3.05) is 6.54 Å². The van der Waals surface area contributed by atoms with Crippen LogP contribution in [0.15, 0.2) is 21.2 Å². The van der Waals surface area contributed by atoms with Gasteiger partial charge in [0.05, 0.1) is 11.7 Å². The van der Waals surface area contributed by atoms with E-state index >= 15 is 0 Å². The van der Waals surface area contributed by atoms with E-state index in [2.05, 4.69) is 24.2 Å². The van der Waals surface area contributed by atoms with Crippen molar-refractivity contribution >= 4 is 5.91 Å². The molecule has 2 aromatic heterocycles. The van der Waals surface area contributed by atoms with E-state index in [9.17, 15) is 4.79 Å². The maximum atomic E-state index is 12.5. The predicted octanol–water partition coefficient (Wildman–Crippen LogP) is 3.07. The normalized spacial score (nSPS) is 18.7. The second kappa shape index (κ2) is 5.35. The van der Waals surface area contributed by atoms with Gasteiger partial charge in [-0.3, -0.25) is 4.79 Å². The Balaban J connectivity index is 1.83. The van der Waals surface area contributed by atoms with Crippen molar-refractivity contribution in [2.45, 2.75) is 45.6 Å². The molecule has 3 heterocycles. The molecule has 1 amide bonds. The van der Waals surface area contributed by atoms with Gasteiger partial charge >= 0.3 is 0 Å². The summed E-state index contributed by atoms with van der Waals surface area (Å²) in [6, 6.07) is 3.58. The lowest BCUT2D eigenvalue weighted by molar-refractivity contribution is 0.0688. The number of aryl methyl sites for hydroxylation is 1. The molecular formula is C15H19N3O3. The van der Waals surface area contributed by atoms with Crippen LogP contribution in [0.1, 0.15) is 66.4 Å². The third-order valence-electron chi connectivity index (χ3n) is 3.81. The van der Waals surface area contributed by atoms with Crippen LogP contribution >= 0.6 is 0 Å². The first-order valence-corrected chi connectivity index (χ1v) is 7.27. The molecule has 0 saturated carbocycles. The van der Waals surface area contributed by atoms with Gasteiger partial charge in [0, 0.05) is 24.6 Å². The minimum absolute atomic E-state index is 0.0424. The number of aromatic nitrogens is 2. The van der Waals surface area contributed by atoms with Crippen molar-refractivity contribution in [3.63, 3.8) is 0 Å². The topological polar surface area (TPSA) is 72.4 Å². The summed E-state index contributed by atoms with van der Waals surface area (Å²) in [4.78, 5) is 14.3. The Hall–Kier alpha value is -2.11. The molecule has 0 unspecified atom stereocenters. The summed E-state index contributed by atoms with van der Waals surface area (Å²) in [6.45, 7) is 6.61. The molecule has 0 radical (unpaired) electrons. The largest absolute Gasteiger partial charge is 0.361 e. The number of carbonyl (C=O) groups excluding carboxylic acids is 1. The third-order valence-corrected chi connectivity index (χ3v) is 3.81. The molecule has 21 heavy (non-hydrogen) atoms. The molecule has 0 aromatic carbocycles. The molecule has 1 aliphatic rings. The molecule has 0 bridgehead atoms. The molecule has 3 rings (SSSR count). The summed E-state index contributed by atoms with van der Waals surface area (Å²) in [5, 5.41) is 7.91. The molecule has 112 valence electrons. The van der Waals surface area contributed by atoms with E-state index in [1.165, 1.54) is 0 Å². The van der Waals surface area contributed by atoms with Gasteiger partial charge in [-0.2, -0.15) is 0 Å². The second-order valence-corrected chi connectivity index (χ2v) is 5.80. The van der Waals surface area contributed by atoms with Crippen LogP contribution in [0.2, 0.25) is 0 Å². The van der Waals surface area contributed by atoms with E-state index in [1.807, 2.05) is 6.07 Å². The first-order chi connectivity index (χ1) is 10.1. The van der Waals surface area contributed by atoms with E-state index < -0.39 is 0 Å². The second-order valence-electron chi connectivity index (χ2n) is 5.80. The zero-order valence-electron chi connectivity index (χ0n) is 12.5. The van der Waals surface area contributed by atoms with Gasteiger partial charge in [0.1, 0.15) is 11.5 Å². The smallest absolute Gasteiger partial charge is 0.293 e. The molecular weight excluding hydrogens is 270 g/mol. The highest BCUT2D eigenvalue weighted by molar-refractivity contribution is 5.91. The third kappa shape index (κ3) is 2.57. The molecule has 0 aliphatic carbocycles. The van der Waals surface area contributed by atoms with Gasteiger partial charge in [0.15, 0.2) is 0 Å². The summed E-state index contributed by atoms with van der Waals surface area (Å²) >= 11 is 0. The quantitative estimate of drug-likeness (QED) is 0.868. The number of rotatable bonds is 3. The van der Waals surface area contributed by atoms with E-state index in [4.69, 9.17) is 9.05 Å². The molecule has 0 spiro atoms. The maximum Gasteiger partial charge on any atom is 0.293 e. The van der Waals surface area contributed by atoms with Crippen molar-refractivity contribution in [1.82, 2.24) is 15.2 Å². The van der Waals surface area contributed by atoms with E-state index in [1.54, 1.807) is 17.9 Å². The zero-order valence-corrected chi connectivity index (χ0v) is 12.5. The monoisotopic (exact) mass is 289 g/mol. The van der Waals surface area contributed by atoms with Crippen LogP contribution in [-0.2, 0) is 0 Å². The van der Waals surface area contributed by atoms with E-state index in [0.29, 0.717) is 12.2 Å². The van der Waals surface area contributed by atoms with Crippen LogP contribution in [0.25, 0.3) is 0 Å². The predicted molar refractivity (Wildman–Crippen MR) is 74.8 cm³/mol. The van der Waals surface area contributed by atoms with E-state index in [-0.39, 0.29) is 23.6 Å². The number of hydrogen-bond acceptors (Lipinski definition) is 5. The molecule has 1 aliphatic heterocycles. The molecule has 6 nitrogen and oxygen atoms in total. The lowest BCUT2D eigenvalue weighted by Crippen LogP contribution is -2.30. The van der Waals surface area contributed by atoms with Crippen LogP contribution < -0.4 is 0 Å². The SMILES string of the molecule is Cc1cc(C(=O)N2CCC[C@@H]2c2cc(C(C)C)on2)on1. The highest BCUT2D eigenvalue weighted by atomic mass is 16.5. The van der Waals surface area contributed by atoms with Gasteiger partial charge in [0.25, 0.3) is 5.91 Å². The van der Waals surface area contributed by atoms with Gasteiger partial charge in [-0.25, -0.2) is 0 Å². The Bertz CT molecular complexity index is 644. The summed E-state index contributed by atoms with van der Waals surface area (Å²) in [5.41, 5.74) is 1.53. The first-order valence-electron chi connectivity index (χ1n) is 7.27. The van der Waals surface area contributed by atoms with Crippen molar-refractivity contribution in [1.29, 1.82) is 0 Å². The highest BCUT2D eigenvalue weighted by Crippen LogP contribution is 2.33. The lowest BCUT2D eigenvalue weighted by atomic mass is 10.1. The summed E-state index contributed by atoms with van der Waals surface area (Å²) in [5.74, 6) is 1.28. The zero-order chi connectivity index (χ0) is 15.0. The van der Waals surface area contributed by atoms with Crippen LogP contribution in [-0.4, -0.2) is 27.7 Å². The van der Waals surface area contributed by atoms with Crippen molar-refractivity contribution < 1.29 is 13.8 Å². The van der Waals surface area contributed by atoms with Gasteiger partial charge in [-0.05, 0) is 19.8 Å². The van der Waals surface area contributed by atoms with Gasteiger partial charge < -0.3 is 13.9 Å². The molecule has 6 heteroatoms. The summed E-state index contributed by atoms with van der Waals surface area (Å²) in [6.07, 6.45) is 1.84. The number of hydrogen-bond donors (Lipinski definition) is 0.